The quantitative estimate of drug-likeness (QED) is 0.293. The molecule has 0 heterocycles. The van der Waals surface area contributed by atoms with Gasteiger partial charge in [-0.2, -0.15) is 0 Å². The van der Waals surface area contributed by atoms with Crippen LogP contribution in [-0.2, 0) is 18.9 Å². The fourth-order valence-corrected chi connectivity index (χ4v) is 4.32. The van der Waals surface area contributed by atoms with Crippen LogP contribution < -0.4 is 0 Å². The van der Waals surface area contributed by atoms with E-state index in [2.05, 4.69) is 62.3 Å². The van der Waals surface area contributed by atoms with E-state index in [9.17, 15) is 0 Å². The molecule has 30 heavy (non-hydrogen) atoms. The first kappa shape index (κ1) is 32.0. The molecule has 0 aromatic heterocycles. The Morgan fingerprint density at radius 3 is 1.20 bits per heavy atom. The standard InChI is InChI=1S/2C13H28O2/c1-10(2)12(5)13(8-14-6,9-15-7)11(3)4;1-11(2)7-8-13(9-14-5,10-15-6)12(3)4/h10-12H,8-9H2,1-7H3;11-12H,7-10H2,1-6H3. The van der Waals surface area contributed by atoms with Crippen LogP contribution >= 0.6 is 0 Å². The number of methoxy groups -OCH3 is 4. The van der Waals surface area contributed by atoms with Crippen LogP contribution in [0.25, 0.3) is 0 Å². The van der Waals surface area contributed by atoms with E-state index in [1.165, 1.54) is 12.8 Å². The lowest BCUT2D eigenvalue weighted by molar-refractivity contribution is -0.0684. The Morgan fingerprint density at radius 2 is 0.967 bits per heavy atom. The van der Waals surface area contributed by atoms with Gasteiger partial charge in [-0.05, 0) is 36.0 Å². The Morgan fingerprint density at radius 1 is 0.567 bits per heavy atom. The van der Waals surface area contributed by atoms with Gasteiger partial charge in [0.1, 0.15) is 0 Å². The van der Waals surface area contributed by atoms with Gasteiger partial charge in [0.2, 0.25) is 0 Å². The lowest BCUT2D eigenvalue weighted by Crippen LogP contribution is -2.44. The third-order valence-electron chi connectivity index (χ3n) is 7.19. The van der Waals surface area contributed by atoms with Crippen molar-refractivity contribution in [3.05, 3.63) is 0 Å². The first-order valence-corrected chi connectivity index (χ1v) is 11.9. The third-order valence-corrected chi connectivity index (χ3v) is 7.19. The third kappa shape index (κ3) is 10.4. The molecule has 0 saturated carbocycles. The van der Waals surface area contributed by atoms with Crippen molar-refractivity contribution < 1.29 is 18.9 Å². The first-order chi connectivity index (χ1) is 13.9. The molecule has 0 amide bonds. The average Bonchev–Trinajstić information content (AvgIpc) is 2.65. The molecule has 0 aliphatic carbocycles. The summed E-state index contributed by atoms with van der Waals surface area (Å²) in [7, 11) is 7.12. The predicted octanol–water partition coefficient (Wildman–Crippen LogP) is 6.57. The summed E-state index contributed by atoms with van der Waals surface area (Å²) in [6.45, 7) is 23.6. The highest BCUT2D eigenvalue weighted by molar-refractivity contribution is 4.88. The number of hydrogen-bond donors (Lipinski definition) is 0. The molecular weight excluding hydrogens is 376 g/mol. The molecule has 4 heteroatoms. The van der Waals surface area contributed by atoms with Crippen molar-refractivity contribution in [3.8, 4) is 0 Å². The molecule has 4 nitrogen and oxygen atoms in total. The van der Waals surface area contributed by atoms with E-state index in [1.807, 2.05) is 0 Å². The van der Waals surface area contributed by atoms with Crippen LogP contribution in [0.1, 0.15) is 75.2 Å². The van der Waals surface area contributed by atoms with Gasteiger partial charge in [-0.3, -0.25) is 0 Å². The second kappa shape index (κ2) is 16.5. The molecule has 0 spiro atoms. The molecule has 0 fully saturated rings. The van der Waals surface area contributed by atoms with E-state index in [1.54, 1.807) is 28.4 Å². The van der Waals surface area contributed by atoms with Crippen LogP contribution in [0.3, 0.4) is 0 Å². The second-order valence-electron chi connectivity index (χ2n) is 10.6. The van der Waals surface area contributed by atoms with Crippen LogP contribution in [-0.4, -0.2) is 54.9 Å². The highest BCUT2D eigenvalue weighted by Crippen LogP contribution is 2.40. The summed E-state index contributed by atoms with van der Waals surface area (Å²) in [4.78, 5) is 0. The molecule has 0 N–H and O–H groups in total. The van der Waals surface area contributed by atoms with E-state index >= 15 is 0 Å². The average molecular weight is 433 g/mol. The predicted molar refractivity (Wildman–Crippen MR) is 130 cm³/mol. The van der Waals surface area contributed by atoms with Crippen LogP contribution in [0.4, 0.5) is 0 Å². The van der Waals surface area contributed by atoms with Gasteiger partial charge < -0.3 is 18.9 Å². The molecule has 0 saturated heterocycles. The minimum Gasteiger partial charge on any atom is -0.384 e. The van der Waals surface area contributed by atoms with Crippen LogP contribution in [0.15, 0.2) is 0 Å². The van der Waals surface area contributed by atoms with E-state index in [0.29, 0.717) is 23.7 Å². The zero-order valence-electron chi connectivity index (χ0n) is 22.8. The van der Waals surface area contributed by atoms with Crippen molar-refractivity contribution in [1.82, 2.24) is 0 Å². The molecule has 0 aromatic carbocycles. The maximum atomic E-state index is 5.41. The largest absolute Gasteiger partial charge is 0.384 e. The monoisotopic (exact) mass is 432 g/mol. The van der Waals surface area contributed by atoms with Gasteiger partial charge >= 0.3 is 0 Å². The van der Waals surface area contributed by atoms with Gasteiger partial charge in [0.25, 0.3) is 0 Å². The molecular formula is C26H56O4. The Hall–Kier alpha value is -0.160. The number of rotatable bonds is 15. The number of hydrogen-bond acceptors (Lipinski definition) is 4. The van der Waals surface area contributed by atoms with E-state index < -0.39 is 0 Å². The molecule has 184 valence electrons. The molecule has 1 atom stereocenters. The topological polar surface area (TPSA) is 36.9 Å². The fraction of sp³-hybridized carbons (Fsp3) is 1.00. The summed E-state index contributed by atoms with van der Waals surface area (Å²) in [5, 5.41) is 0. The van der Waals surface area contributed by atoms with Gasteiger partial charge in [-0.15, -0.1) is 0 Å². The lowest BCUT2D eigenvalue weighted by atomic mass is 9.65. The Balaban J connectivity index is 0. The fourth-order valence-electron chi connectivity index (χ4n) is 4.32. The van der Waals surface area contributed by atoms with E-state index in [4.69, 9.17) is 18.9 Å². The summed E-state index contributed by atoms with van der Waals surface area (Å²) in [5.41, 5.74) is 0.325. The normalized spacial score (nSPS) is 13.9. The summed E-state index contributed by atoms with van der Waals surface area (Å²) in [5.74, 6) is 3.15. The zero-order valence-corrected chi connectivity index (χ0v) is 22.8. The minimum atomic E-state index is 0.137. The summed E-state index contributed by atoms with van der Waals surface area (Å²) >= 11 is 0. The minimum absolute atomic E-state index is 0.137. The molecule has 1 unspecified atom stereocenters. The van der Waals surface area contributed by atoms with Gasteiger partial charge in [0.15, 0.2) is 0 Å². The van der Waals surface area contributed by atoms with Crippen molar-refractivity contribution in [2.75, 3.05) is 54.9 Å². The Labute approximate surface area is 189 Å². The van der Waals surface area contributed by atoms with Crippen LogP contribution in [0, 0.1) is 40.4 Å². The SMILES string of the molecule is COCC(CCC(C)C)(COC)C(C)C.COCC(COC)(C(C)C)C(C)C(C)C. The maximum absolute atomic E-state index is 5.41. The maximum Gasteiger partial charge on any atom is 0.0545 e. The lowest BCUT2D eigenvalue weighted by Gasteiger charge is -2.43. The molecule has 0 aliphatic heterocycles. The Kier molecular flexibility index (Phi) is 17.6. The number of ether oxygens (including phenoxy) is 4. The van der Waals surface area contributed by atoms with Gasteiger partial charge in [0, 0.05) is 39.3 Å². The first-order valence-electron chi connectivity index (χ1n) is 11.9. The van der Waals surface area contributed by atoms with Crippen molar-refractivity contribution in [2.24, 2.45) is 40.4 Å². The van der Waals surface area contributed by atoms with Gasteiger partial charge in [0.05, 0.1) is 26.4 Å². The molecule has 0 rings (SSSR count). The molecule has 0 radical (unpaired) electrons. The van der Waals surface area contributed by atoms with Crippen LogP contribution in [0.2, 0.25) is 0 Å². The summed E-state index contributed by atoms with van der Waals surface area (Å²) in [6.07, 6.45) is 2.43. The van der Waals surface area contributed by atoms with Gasteiger partial charge in [-0.25, -0.2) is 0 Å². The van der Waals surface area contributed by atoms with E-state index in [0.717, 1.165) is 32.3 Å². The van der Waals surface area contributed by atoms with Gasteiger partial charge in [-0.1, -0.05) is 68.7 Å². The second-order valence-corrected chi connectivity index (χ2v) is 10.6. The highest BCUT2D eigenvalue weighted by Gasteiger charge is 2.40. The summed E-state index contributed by atoms with van der Waals surface area (Å²) in [6, 6.07) is 0. The molecule has 0 aromatic rings. The smallest absolute Gasteiger partial charge is 0.0545 e. The van der Waals surface area contributed by atoms with Crippen molar-refractivity contribution in [1.29, 1.82) is 0 Å². The van der Waals surface area contributed by atoms with Crippen molar-refractivity contribution in [2.45, 2.75) is 75.2 Å². The van der Waals surface area contributed by atoms with Crippen molar-refractivity contribution in [3.63, 3.8) is 0 Å². The molecule has 0 bridgehead atoms. The zero-order chi connectivity index (χ0) is 24.0. The molecule has 0 aliphatic rings. The Bertz CT molecular complexity index is 378. The van der Waals surface area contributed by atoms with Crippen molar-refractivity contribution >= 4 is 0 Å². The summed E-state index contributed by atoms with van der Waals surface area (Å²) < 4.78 is 21.6. The van der Waals surface area contributed by atoms with Crippen LogP contribution in [0.5, 0.6) is 0 Å². The highest BCUT2D eigenvalue weighted by atomic mass is 16.5. The van der Waals surface area contributed by atoms with E-state index in [-0.39, 0.29) is 10.8 Å².